The first kappa shape index (κ1) is 18.6. The summed E-state index contributed by atoms with van der Waals surface area (Å²) >= 11 is 13.3. The van der Waals surface area contributed by atoms with Crippen molar-refractivity contribution in [3.05, 3.63) is 27.8 Å². The minimum absolute atomic E-state index is 0.212. The van der Waals surface area contributed by atoms with Crippen LogP contribution in [0.25, 0.3) is 0 Å². The van der Waals surface area contributed by atoms with Crippen LogP contribution in [-0.4, -0.2) is 38.5 Å². The molecule has 136 valence electrons. The largest absolute Gasteiger partial charge is 0.351 e. The SMILES string of the molecule is CSc1nnc(CCCNC(=O)c2cc(Cl)c(Cl)[nH]2)n1C1CCCC1. The molecule has 1 aliphatic rings. The Morgan fingerprint density at radius 3 is 2.80 bits per heavy atom. The maximum atomic E-state index is 12.1. The molecule has 0 unspecified atom stereocenters. The number of nitrogens with one attached hydrogen (secondary N) is 2. The number of amides is 1. The average molecular weight is 402 g/mol. The normalized spacial score (nSPS) is 15.0. The molecule has 1 amide bonds. The molecule has 9 heteroatoms. The van der Waals surface area contributed by atoms with Crippen molar-refractivity contribution in [3.8, 4) is 0 Å². The van der Waals surface area contributed by atoms with Gasteiger partial charge in [0.25, 0.3) is 5.91 Å². The summed E-state index contributed by atoms with van der Waals surface area (Å²) in [7, 11) is 0. The van der Waals surface area contributed by atoms with Crippen molar-refractivity contribution in [1.29, 1.82) is 0 Å². The summed E-state index contributed by atoms with van der Waals surface area (Å²) in [5.74, 6) is 0.798. The third-order valence-electron chi connectivity index (χ3n) is 4.44. The van der Waals surface area contributed by atoms with Crippen molar-refractivity contribution >= 4 is 40.9 Å². The maximum absolute atomic E-state index is 12.1. The lowest BCUT2D eigenvalue weighted by atomic mass is 10.2. The minimum atomic E-state index is -0.212. The van der Waals surface area contributed by atoms with E-state index in [9.17, 15) is 4.79 Å². The van der Waals surface area contributed by atoms with Gasteiger partial charge in [-0.1, -0.05) is 47.8 Å². The molecule has 1 saturated carbocycles. The van der Waals surface area contributed by atoms with Crippen molar-refractivity contribution in [3.63, 3.8) is 0 Å². The Morgan fingerprint density at radius 2 is 2.16 bits per heavy atom. The fourth-order valence-corrected chi connectivity index (χ4v) is 4.10. The van der Waals surface area contributed by atoms with E-state index in [0.717, 1.165) is 23.8 Å². The fraction of sp³-hybridized carbons (Fsp3) is 0.562. The van der Waals surface area contributed by atoms with E-state index in [-0.39, 0.29) is 11.1 Å². The van der Waals surface area contributed by atoms with Gasteiger partial charge in [-0.2, -0.15) is 0 Å². The summed E-state index contributed by atoms with van der Waals surface area (Å²) in [4.78, 5) is 14.8. The van der Waals surface area contributed by atoms with Crippen LogP contribution in [0, 0.1) is 0 Å². The lowest BCUT2D eigenvalue weighted by molar-refractivity contribution is 0.0948. The summed E-state index contributed by atoms with van der Waals surface area (Å²) in [6, 6.07) is 2.05. The van der Waals surface area contributed by atoms with Gasteiger partial charge in [0.2, 0.25) is 0 Å². The van der Waals surface area contributed by atoms with Crippen LogP contribution in [0.4, 0.5) is 0 Å². The molecular weight excluding hydrogens is 381 g/mol. The Balaban J connectivity index is 1.53. The van der Waals surface area contributed by atoms with Gasteiger partial charge in [0.05, 0.1) is 5.02 Å². The van der Waals surface area contributed by atoms with E-state index in [1.807, 2.05) is 6.26 Å². The fourth-order valence-electron chi connectivity index (χ4n) is 3.22. The number of halogens is 2. The lowest BCUT2D eigenvalue weighted by Crippen LogP contribution is -2.25. The van der Waals surface area contributed by atoms with Gasteiger partial charge in [0.15, 0.2) is 5.16 Å². The third-order valence-corrected chi connectivity index (χ3v) is 5.78. The molecule has 0 saturated heterocycles. The third kappa shape index (κ3) is 4.33. The molecule has 6 nitrogen and oxygen atoms in total. The van der Waals surface area contributed by atoms with Crippen LogP contribution in [0.15, 0.2) is 11.2 Å². The van der Waals surface area contributed by atoms with E-state index in [4.69, 9.17) is 23.2 Å². The Morgan fingerprint density at radius 1 is 1.40 bits per heavy atom. The van der Waals surface area contributed by atoms with Crippen molar-refractivity contribution in [1.82, 2.24) is 25.1 Å². The Kier molecular flexibility index (Phi) is 6.30. The zero-order chi connectivity index (χ0) is 17.8. The molecule has 1 aliphatic carbocycles. The van der Waals surface area contributed by atoms with Crippen molar-refractivity contribution in [2.45, 2.75) is 49.7 Å². The van der Waals surface area contributed by atoms with Gasteiger partial charge >= 0.3 is 0 Å². The number of aromatic amines is 1. The van der Waals surface area contributed by atoms with Crippen LogP contribution >= 0.6 is 35.0 Å². The van der Waals surface area contributed by atoms with Crippen LogP contribution in [-0.2, 0) is 6.42 Å². The maximum Gasteiger partial charge on any atom is 0.267 e. The number of thioether (sulfide) groups is 1. The molecule has 2 aromatic heterocycles. The number of aryl methyl sites for hydroxylation is 1. The number of hydrogen-bond acceptors (Lipinski definition) is 4. The lowest BCUT2D eigenvalue weighted by Gasteiger charge is -2.16. The highest BCUT2D eigenvalue weighted by atomic mass is 35.5. The Labute approximate surface area is 161 Å². The molecule has 2 aromatic rings. The van der Waals surface area contributed by atoms with E-state index in [2.05, 4.69) is 25.1 Å². The van der Waals surface area contributed by atoms with Crippen molar-refractivity contribution < 1.29 is 4.79 Å². The molecular formula is C16H21Cl2N5OS. The second-order valence-electron chi connectivity index (χ2n) is 6.12. The van der Waals surface area contributed by atoms with Gasteiger partial charge in [0.1, 0.15) is 16.7 Å². The second-order valence-corrected chi connectivity index (χ2v) is 7.67. The zero-order valence-corrected chi connectivity index (χ0v) is 16.3. The highest BCUT2D eigenvalue weighted by Gasteiger charge is 2.23. The number of hydrogen-bond donors (Lipinski definition) is 2. The smallest absolute Gasteiger partial charge is 0.267 e. The number of nitrogens with zero attached hydrogens (tertiary/aromatic N) is 3. The second kappa shape index (κ2) is 8.47. The number of carbonyl (C=O) groups is 1. The van der Waals surface area contributed by atoms with E-state index in [1.165, 1.54) is 31.7 Å². The summed E-state index contributed by atoms with van der Waals surface area (Å²) < 4.78 is 2.30. The van der Waals surface area contributed by atoms with Gasteiger partial charge in [-0.15, -0.1) is 10.2 Å². The first-order chi connectivity index (χ1) is 12.1. The standard InChI is InChI=1S/C16H21Cl2N5OS/c1-25-16-22-21-13(23(16)10-5-2-3-6-10)7-4-8-19-15(24)12-9-11(17)14(18)20-12/h9-10,20H,2-8H2,1H3,(H,19,24). The van der Waals surface area contributed by atoms with Gasteiger partial charge in [-0.3, -0.25) is 4.79 Å². The van der Waals surface area contributed by atoms with Crippen molar-refractivity contribution in [2.75, 3.05) is 12.8 Å². The highest BCUT2D eigenvalue weighted by Crippen LogP contribution is 2.33. The Hall–Kier alpha value is -1.18. The van der Waals surface area contributed by atoms with Gasteiger partial charge in [-0.05, 0) is 31.6 Å². The summed E-state index contributed by atoms with van der Waals surface area (Å²) in [5, 5.41) is 13.2. The van der Waals surface area contributed by atoms with Crippen LogP contribution < -0.4 is 5.32 Å². The predicted octanol–water partition coefficient (Wildman–Crippen LogP) is 4.11. The zero-order valence-electron chi connectivity index (χ0n) is 14.0. The monoisotopic (exact) mass is 401 g/mol. The molecule has 2 heterocycles. The molecule has 0 bridgehead atoms. The van der Waals surface area contributed by atoms with E-state index in [0.29, 0.717) is 23.3 Å². The average Bonchev–Trinajstić information content (AvgIpc) is 3.32. The predicted molar refractivity (Wildman–Crippen MR) is 101 cm³/mol. The molecule has 1 fully saturated rings. The molecule has 3 rings (SSSR count). The number of rotatable bonds is 7. The van der Waals surface area contributed by atoms with E-state index < -0.39 is 0 Å². The minimum Gasteiger partial charge on any atom is -0.351 e. The van der Waals surface area contributed by atoms with E-state index >= 15 is 0 Å². The summed E-state index contributed by atoms with van der Waals surface area (Å²) in [6.07, 6.45) is 8.56. The number of H-pyrrole nitrogens is 1. The molecule has 0 aromatic carbocycles. The van der Waals surface area contributed by atoms with Gasteiger partial charge in [0, 0.05) is 19.0 Å². The first-order valence-corrected chi connectivity index (χ1v) is 10.4. The quantitative estimate of drug-likeness (QED) is 0.540. The highest BCUT2D eigenvalue weighted by molar-refractivity contribution is 7.98. The number of carbonyl (C=O) groups excluding carboxylic acids is 1. The van der Waals surface area contributed by atoms with Crippen LogP contribution in [0.1, 0.15) is 54.5 Å². The Bertz CT molecular complexity index is 719. The summed E-state index contributed by atoms with van der Waals surface area (Å²) in [6.45, 7) is 0.555. The van der Waals surface area contributed by atoms with Crippen LogP contribution in [0.2, 0.25) is 10.2 Å². The molecule has 0 aliphatic heterocycles. The molecule has 0 radical (unpaired) electrons. The van der Waals surface area contributed by atoms with Gasteiger partial charge in [-0.25, -0.2) is 0 Å². The topological polar surface area (TPSA) is 75.6 Å². The van der Waals surface area contributed by atoms with Gasteiger partial charge < -0.3 is 14.9 Å². The molecule has 25 heavy (non-hydrogen) atoms. The molecule has 2 N–H and O–H groups in total. The molecule has 0 atom stereocenters. The first-order valence-electron chi connectivity index (χ1n) is 8.40. The van der Waals surface area contributed by atoms with Crippen LogP contribution in [0.3, 0.4) is 0 Å². The summed E-state index contributed by atoms with van der Waals surface area (Å²) in [5.41, 5.74) is 0.369. The number of aromatic nitrogens is 4. The van der Waals surface area contributed by atoms with Crippen molar-refractivity contribution in [2.24, 2.45) is 0 Å². The van der Waals surface area contributed by atoms with E-state index in [1.54, 1.807) is 11.8 Å². The van der Waals surface area contributed by atoms with Crippen LogP contribution in [0.5, 0.6) is 0 Å². The molecule has 0 spiro atoms.